The summed E-state index contributed by atoms with van der Waals surface area (Å²) >= 11 is 7.65. The van der Waals surface area contributed by atoms with Gasteiger partial charge in [-0.25, -0.2) is 0 Å². The molecule has 1 unspecified atom stereocenters. The maximum atomic E-state index is 10.2. The summed E-state index contributed by atoms with van der Waals surface area (Å²) in [4.78, 5) is 0.892. The summed E-state index contributed by atoms with van der Waals surface area (Å²) in [6.07, 6.45) is -0.0258. The van der Waals surface area contributed by atoms with Crippen LogP contribution in [0.4, 0.5) is 0 Å². The maximum absolute atomic E-state index is 10.2. The minimum Gasteiger partial charge on any atom is -0.496 e. The van der Waals surface area contributed by atoms with Gasteiger partial charge < -0.3 is 9.84 Å². The van der Waals surface area contributed by atoms with Crippen LogP contribution >= 0.6 is 22.9 Å². The minimum atomic E-state index is -0.542. The van der Waals surface area contributed by atoms with Gasteiger partial charge in [0.05, 0.1) is 13.2 Å². The van der Waals surface area contributed by atoms with E-state index in [2.05, 4.69) is 0 Å². The SMILES string of the molecule is COc1csc(C(O)Cc2ccc(C)cc2Cl)c1. The molecular formula is C14H15ClO2S. The van der Waals surface area contributed by atoms with Crippen molar-refractivity contribution in [1.82, 2.24) is 0 Å². The Morgan fingerprint density at radius 1 is 1.39 bits per heavy atom. The summed E-state index contributed by atoms with van der Waals surface area (Å²) in [6.45, 7) is 2.00. The summed E-state index contributed by atoms with van der Waals surface area (Å²) < 4.78 is 5.11. The molecule has 18 heavy (non-hydrogen) atoms. The molecule has 1 aromatic heterocycles. The molecule has 0 aliphatic heterocycles. The van der Waals surface area contributed by atoms with E-state index in [0.29, 0.717) is 11.4 Å². The Morgan fingerprint density at radius 2 is 2.17 bits per heavy atom. The van der Waals surface area contributed by atoms with Gasteiger partial charge in [0.15, 0.2) is 0 Å². The Bertz CT molecular complexity index is 536. The molecule has 4 heteroatoms. The number of halogens is 1. The van der Waals surface area contributed by atoms with E-state index in [4.69, 9.17) is 16.3 Å². The minimum absolute atomic E-state index is 0.517. The topological polar surface area (TPSA) is 29.5 Å². The van der Waals surface area contributed by atoms with Gasteiger partial charge in [-0.05, 0) is 30.2 Å². The van der Waals surface area contributed by atoms with Crippen molar-refractivity contribution in [2.75, 3.05) is 7.11 Å². The Labute approximate surface area is 116 Å². The van der Waals surface area contributed by atoms with Gasteiger partial charge in [0.1, 0.15) is 5.75 Å². The number of hydrogen-bond donors (Lipinski definition) is 1. The van der Waals surface area contributed by atoms with Gasteiger partial charge in [0, 0.05) is 21.7 Å². The van der Waals surface area contributed by atoms with Crippen LogP contribution in [-0.2, 0) is 6.42 Å². The molecule has 0 saturated heterocycles. The lowest BCUT2D eigenvalue weighted by atomic mass is 10.1. The highest BCUT2D eigenvalue weighted by Crippen LogP contribution is 2.30. The van der Waals surface area contributed by atoms with E-state index in [0.717, 1.165) is 21.8 Å². The third kappa shape index (κ3) is 3.05. The second kappa shape index (κ2) is 5.74. The van der Waals surface area contributed by atoms with Crippen LogP contribution in [0, 0.1) is 6.92 Å². The predicted octanol–water partition coefficient (Wildman–Crippen LogP) is 3.99. The average molecular weight is 283 g/mol. The molecule has 0 amide bonds. The number of hydrogen-bond acceptors (Lipinski definition) is 3. The van der Waals surface area contributed by atoms with E-state index in [1.54, 1.807) is 7.11 Å². The molecule has 0 saturated carbocycles. The molecule has 1 atom stereocenters. The van der Waals surface area contributed by atoms with Gasteiger partial charge in [0.25, 0.3) is 0 Å². The summed E-state index contributed by atoms with van der Waals surface area (Å²) in [5, 5.41) is 12.8. The number of benzene rings is 1. The van der Waals surface area contributed by atoms with Gasteiger partial charge in [-0.3, -0.25) is 0 Å². The lowest BCUT2D eigenvalue weighted by molar-refractivity contribution is 0.182. The molecule has 0 bridgehead atoms. The molecule has 0 spiro atoms. The molecule has 96 valence electrons. The summed E-state index contributed by atoms with van der Waals surface area (Å²) in [6, 6.07) is 7.74. The van der Waals surface area contributed by atoms with E-state index < -0.39 is 6.10 Å². The maximum Gasteiger partial charge on any atom is 0.129 e. The first-order valence-electron chi connectivity index (χ1n) is 5.65. The van der Waals surface area contributed by atoms with Crippen molar-refractivity contribution in [1.29, 1.82) is 0 Å². The lowest BCUT2D eigenvalue weighted by Crippen LogP contribution is -2.00. The fourth-order valence-corrected chi connectivity index (χ4v) is 2.90. The number of methoxy groups -OCH3 is 1. The first-order valence-corrected chi connectivity index (χ1v) is 6.91. The normalized spacial score (nSPS) is 12.4. The summed E-state index contributed by atoms with van der Waals surface area (Å²) in [5.74, 6) is 0.782. The van der Waals surface area contributed by atoms with Gasteiger partial charge >= 0.3 is 0 Å². The second-order valence-electron chi connectivity index (χ2n) is 4.20. The van der Waals surface area contributed by atoms with Crippen molar-refractivity contribution in [2.24, 2.45) is 0 Å². The van der Waals surface area contributed by atoms with Crippen LogP contribution < -0.4 is 4.74 Å². The van der Waals surface area contributed by atoms with Crippen LogP contribution in [0.3, 0.4) is 0 Å². The van der Waals surface area contributed by atoms with Crippen molar-refractivity contribution < 1.29 is 9.84 Å². The average Bonchev–Trinajstić information content (AvgIpc) is 2.81. The molecular weight excluding hydrogens is 268 g/mol. The summed E-state index contributed by atoms with van der Waals surface area (Å²) in [5.41, 5.74) is 2.08. The zero-order valence-corrected chi connectivity index (χ0v) is 11.9. The van der Waals surface area contributed by atoms with Crippen molar-refractivity contribution in [3.05, 3.63) is 50.7 Å². The molecule has 2 rings (SSSR count). The standard InChI is InChI=1S/C14H15ClO2S/c1-9-3-4-10(12(15)5-9)6-13(16)14-7-11(17-2)8-18-14/h3-5,7-8,13,16H,6H2,1-2H3. The highest BCUT2D eigenvalue weighted by molar-refractivity contribution is 7.10. The van der Waals surface area contributed by atoms with E-state index in [1.807, 2.05) is 36.6 Å². The zero-order chi connectivity index (χ0) is 13.1. The number of ether oxygens (including phenoxy) is 1. The van der Waals surface area contributed by atoms with Crippen molar-refractivity contribution in [2.45, 2.75) is 19.4 Å². The zero-order valence-electron chi connectivity index (χ0n) is 10.3. The number of thiophene rings is 1. The van der Waals surface area contributed by atoms with E-state index >= 15 is 0 Å². The van der Waals surface area contributed by atoms with Crippen LogP contribution in [0.2, 0.25) is 5.02 Å². The Balaban J connectivity index is 2.13. The monoisotopic (exact) mass is 282 g/mol. The van der Waals surface area contributed by atoms with Gasteiger partial charge in [0.2, 0.25) is 0 Å². The van der Waals surface area contributed by atoms with Crippen LogP contribution in [0.15, 0.2) is 29.6 Å². The van der Waals surface area contributed by atoms with Gasteiger partial charge in [-0.2, -0.15) is 0 Å². The first kappa shape index (κ1) is 13.4. The lowest BCUT2D eigenvalue weighted by Gasteiger charge is -2.10. The van der Waals surface area contributed by atoms with Crippen molar-refractivity contribution in [3.63, 3.8) is 0 Å². The molecule has 2 nitrogen and oxygen atoms in total. The fraction of sp³-hybridized carbons (Fsp3) is 0.286. The predicted molar refractivity (Wildman–Crippen MR) is 75.7 cm³/mol. The number of aliphatic hydroxyl groups is 1. The molecule has 2 aromatic rings. The summed E-state index contributed by atoms with van der Waals surface area (Å²) in [7, 11) is 1.62. The fourth-order valence-electron chi connectivity index (χ4n) is 1.74. The van der Waals surface area contributed by atoms with Crippen molar-refractivity contribution in [3.8, 4) is 5.75 Å². The first-order chi connectivity index (χ1) is 8.60. The molecule has 0 aliphatic carbocycles. The van der Waals surface area contributed by atoms with Gasteiger partial charge in [-0.15, -0.1) is 11.3 Å². The van der Waals surface area contributed by atoms with E-state index in [-0.39, 0.29) is 0 Å². The molecule has 1 aromatic carbocycles. The Kier molecular flexibility index (Phi) is 4.27. The van der Waals surface area contributed by atoms with E-state index in [9.17, 15) is 5.11 Å². The second-order valence-corrected chi connectivity index (χ2v) is 5.55. The van der Waals surface area contributed by atoms with Crippen molar-refractivity contribution >= 4 is 22.9 Å². The van der Waals surface area contributed by atoms with Crippen LogP contribution in [0.5, 0.6) is 5.75 Å². The number of aliphatic hydroxyl groups excluding tert-OH is 1. The largest absolute Gasteiger partial charge is 0.496 e. The molecule has 0 fully saturated rings. The van der Waals surface area contributed by atoms with Gasteiger partial charge in [-0.1, -0.05) is 23.7 Å². The van der Waals surface area contributed by atoms with Crippen LogP contribution in [0.1, 0.15) is 22.1 Å². The quantitative estimate of drug-likeness (QED) is 0.919. The number of aryl methyl sites for hydroxylation is 1. The Morgan fingerprint density at radius 3 is 2.78 bits per heavy atom. The molecule has 0 aliphatic rings. The highest BCUT2D eigenvalue weighted by Gasteiger charge is 2.13. The number of rotatable bonds is 4. The third-order valence-electron chi connectivity index (χ3n) is 2.78. The Hall–Kier alpha value is -1.03. The third-order valence-corrected chi connectivity index (χ3v) is 4.15. The van der Waals surface area contributed by atoms with E-state index in [1.165, 1.54) is 11.3 Å². The molecule has 0 radical (unpaired) electrons. The smallest absolute Gasteiger partial charge is 0.129 e. The van der Waals surface area contributed by atoms with Crippen LogP contribution in [0.25, 0.3) is 0 Å². The molecule has 1 N–H and O–H groups in total. The van der Waals surface area contributed by atoms with Crippen LogP contribution in [-0.4, -0.2) is 12.2 Å². The highest BCUT2D eigenvalue weighted by atomic mass is 35.5. The molecule has 1 heterocycles.